The van der Waals surface area contributed by atoms with Gasteiger partial charge in [-0.1, -0.05) is 83.2 Å². The Hall–Kier alpha value is -1.78. The number of carbonyl (C=O) groups is 1. The predicted octanol–water partition coefficient (Wildman–Crippen LogP) is 2.40. The van der Waals surface area contributed by atoms with Crippen molar-refractivity contribution in [2.24, 2.45) is 0 Å². The van der Waals surface area contributed by atoms with Crippen LogP contribution in [0.5, 0.6) is 23.0 Å². The predicted molar refractivity (Wildman–Crippen MR) is 196 cm³/mol. The number of hydrogen-bond acceptors (Lipinski definition) is 7. The molecule has 0 saturated heterocycles. The van der Waals surface area contributed by atoms with E-state index in [4.69, 9.17) is 14.8 Å². The van der Waals surface area contributed by atoms with Crippen LogP contribution in [0.25, 0.3) is 21.5 Å². The smallest absolute Gasteiger partial charge is 1.00 e. The van der Waals surface area contributed by atoms with Crippen molar-refractivity contribution in [3.05, 3.63) is 147 Å². The monoisotopic (exact) mass is 780 g/mol. The molecule has 0 saturated carbocycles. The van der Waals surface area contributed by atoms with Gasteiger partial charge in [0.1, 0.15) is 29.6 Å². The molecule has 10 heteroatoms. The number of rotatable bonds is 13. The van der Waals surface area contributed by atoms with E-state index in [0.29, 0.717) is 38.0 Å². The molecular formula is C39H43BrK2O7. The molecule has 0 spiro atoms. The van der Waals surface area contributed by atoms with Crippen molar-refractivity contribution in [3.63, 3.8) is 0 Å². The van der Waals surface area contributed by atoms with E-state index in [-0.39, 0.29) is 122 Å². The Kier molecular flexibility index (Phi) is 29.1. The van der Waals surface area contributed by atoms with Crippen LogP contribution in [0.4, 0.5) is 0 Å². The van der Waals surface area contributed by atoms with Gasteiger partial charge in [-0.15, -0.1) is 32.9 Å². The van der Waals surface area contributed by atoms with Crippen molar-refractivity contribution >= 4 is 43.9 Å². The zero-order valence-corrected chi connectivity index (χ0v) is 36.3. The first-order valence-electron chi connectivity index (χ1n) is 14.5. The number of aromatic hydroxyl groups is 3. The summed E-state index contributed by atoms with van der Waals surface area (Å²) in [5, 5.41) is 43.2. The molecule has 0 atom stereocenters. The van der Waals surface area contributed by atoms with Crippen LogP contribution in [0.2, 0.25) is 0 Å². The number of alkyl halides is 1. The van der Waals surface area contributed by atoms with Crippen LogP contribution < -0.4 is 113 Å². The zero-order chi connectivity index (χ0) is 35.2. The second-order valence-electron chi connectivity index (χ2n) is 9.63. The SMILES string of the molecule is C=CCBr.C=CCOc1ccc2c(CC=C)c(O)ccc2c1CC=C.C=CCc1c(O)ccc2c(CC=C)c(O)ccc12.O=CO[O-].[H-].[K+].[K+]. The molecule has 0 fully saturated rings. The largest absolute Gasteiger partial charge is 1.00 e. The maximum atomic E-state index is 10.1. The third kappa shape index (κ3) is 15.6. The average molecular weight is 782 g/mol. The van der Waals surface area contributed by atoms with Crippen LogP contribution >= 0.6 is 15.9 Å². The standard InChI is InChI=1S/C19H20O2.C16H16O2.C3H5Br.CH2O3.2K.H/c1-4-7-16-14-10-12-19(21-13-6-3)17(8-5-2)15(14)9-11-18(16)20;1-3-5-13-11-7-10-16(18)14(6-4-2)12(11)8-9-15(13)17;1-2-3-4;2-1-4-3;;;/h4-6,9-12,20H,1-3,7-8,13H2;3-4,7-10,17-18H,1-2,5-6H2;2H,1,3H2;1,3H;;;/q;;;;2*+1;-1/p-1. The molecule has 0 aliphatic rings. The van der Waals surface area contributed by atoms with Crippen molar-refractivity contribution in [3.8, 4) is 23.0 Å². The van der Waals surface area contributed by atoms with Crippen molar-refractivity contribution in [1.29, 1.82) is 0 Å². The summed E-state index contributed by atoms with van der Waals surface area (Å²) in [6.45, 7) is 22.4. The third-order valence-corrected chi connectivity index (χ3v) is 7.09. The second kappa shape index (κ2) is 28.9. The molecule has 4 aromatic carbocycles. The molecule has 4 aromatic rings. The number of ether oxygens (including phenoxy) is 1. The molecule has 250 valence electrons. The van der Waals surface area contributed by atoms with Gasteiger partial charge in [-0.05, 0) is 71.5 Å². The van der Waals surface area contributed by atoms with Crippen LogP contribution in [0.15, 0.2) is 124 Å². The Balaban J connectivity index is -0.000000697. The number of phenolic OH excluding ortho intramolecular Hbond substituents is 3. The molecule has 0 bridgehead atoms. The van der Waals surface area contributed by atoms with E-state index in [9.17, 15) is 15.3 Å². The number of carbonyl (C=O) groups excluding carboxylic acids is 1. The Morgan fingerprint density at radius 3 is 1.18 bits per heavy atom. The number of benzene rings is 4. The van der Waals surface area contributed by atoms with Gasteiger partial charge in [-0.25, -0.2) is 0 Å². The Labute approximate surface area is 384 Å². The molecule has 0 aliphatic carbocycles. The Bertz CT molecular complexity index is 1630. The second-order valence-corrected chi connectivity index (χ2v) is 10.3. The maximum Gasteiger partial charge on any atom is 1.00 e. The zero-order valence-electron chi connectivity index (χ0n) is 29.5. The number of phenols is 3. The van der Waals surface area contributed by atoms with Gasteiger partial charge in [0.2, 0.25) is 0 Å². The summed E-state index contributed by atoms with van der Waals surface area (Å²) in [7, 11) is 0. The topological polar surface area (TPSA) is 119 Å². The first-order valence-corrected chi connectivity index (χ1v) is 15.6. The number of allylic oxidation sites excluding steroid dienone is 5. The summed E-state index contributed by atoms with van der Waals surface area (Å²) in [6.07, 6.45) is 13.2. The van der Waals surface area contributed by atoms with Gasteiger partial charge in [0.05, 0.1) is 0 Å². The average Bonchev–Trinajstić information content (AvgIpc) is 3.08. The van der Waals surface area contributed by atoms with E-state index in [2.05, 4.69) is 60.3 Å². The number of hydrogen-bond donors (Lipinski definition) is 3. The number of halogens is 1. The Morgan fingerprint density at radius 2 is 0.898 bits per heavy atom. The molecule has 7 nitrogen and oxygen atoms in total. The molecule has 4 rings (SSSR count). The van der Waals surface area contributed by atoms with Crippen molar-refractivity contribution in [1.82, 2.24) is 0 Å². The van der Waals surface area contributed by atoms with Crippen molar-refractivity contribution in [2.45, 2.75) is 25.7 Å². The van der Waals surface area contributed by atoms with Crippen LogP contribution in [0.1, 0.15) is 23.7 Å². The van der Waals surface area contributed by atoms with E-state index in [1.807, 2.05) is 36.4 Å². The van der Waals surface area contributed by atoms with E-state index in [1.54, 1.807) is 48.6 Å². The van der Waals surface area contributed by atoms with E-state index < -0.39 is 0 Å². The van der Waals surface area contributed by atoms with Crippen molar-refractivity contribution in [2.75, 3.05) is 11.9 Å². The third-order valence-electron chi connectivity index (χ3n) is 6.63. The molecule has 0 aromatic heterocycles. The minimum Gasteiger partial charge on any atom is -1.00 e. The quantitative estimate of drug-likeness (QED) is 0.0477. The molecule has 0 radical (unpaired) electrons. The molecule has 0 heterocycles. The molecule has 0 unspecified atom stereocenters. The molecule has 3 N–H and O–H groups in total. The van der Waals surface area contributed by atoms with Crippen molar-refractivity contribution < 1.29 is 139 Å². The van der Waals surface area contributed by atoms with E-state index in [0.717, 1.165) is 54.9 Å². The van der Waals surface area contributed by atoms with Gasteiger partial charge in [0, 0.05) is 27.6 Å². The van der Waals surface area contributed by atoms with E-state index >= 15 is 0 Å². The fourth-order valence-corrected chi connectivity index (χ4v) is 4.72. The first kappa shape index (κ1) is 49.3. The van der Waals surface area contributed by atoms with Gasteiger partial charge in [0.15, 0.2) is 0 Å². The van der Waals surface area contributed by atoms with Crippen LogP contribution in [0, 0.1) is 0 Å². The van der Waals surface area contributed by atoms with E-state index in [1.165, 1.54) is 0 Å². The minimum absolute atomic E-state index is 0. The van der Waals surface area contributed by atoms with Gasteiger partial charge < -0.3 is 31.6 Å². The summed E-state index contributed by atoms with van der Waals surface area (Å²) in [5.74, 6) is 1.65. The Morgan fingerprint density at radius 1 is 0.592 bits per heavy atom. The maximum absolute atomic E-state index is 10.1. The summed E-state index contributed by atoms with van der Waals surface area (Å²) in [5.41, 5.74) is 3.65. The fraction of sp³-hybridized carbons (Fsp3) is 0.154. The normalized spacial score (nSPS) is 9.18. The fourth-order valence-electron chi connectivity index (χ4n) is 4.72. The van der Waals surface area contributed by atoms with Gasteiger partial charge in [-0.3, -0.25) is 4.79 Å². The van der Waals surface area contributed by atoms with Crippen LogP contribution in [-0.4, -0.2) is 33.7 Å². The number of fused-ring (bicyclic) bond motifs is 2. The van der Waals surface area contributed by atoms with Crippen LogP contribution in [0.3, 0.4) is 0 Å². The summed E-state index contributed by atoms with van der Waals surface area (Å²) < 4.78 is 5.73. The minimum atomic E-state index is -0.181. The molecule has 0 amide bonds. The van der Waals surface area contributed by atoms with Gasteiger partial charge >= 0.3 is 103 Å². The molecule has 0 aliphatic heterocycles. The summed E-state index contributed by atoms with van der Waals surface area (Å²) >= 11 is 3.13. The molecular weight excluding hydrogens is 739 g/mol. The molecule has 49 heavy (non-hydrogen) atoms. The summed E-state index contributed by atoms with van der Waals surface area (Å²) in [6, 6.07) is 14.6. The van der Waals surface area contributed by atoms with Gasteiger partial charge in [0.25, 0.3) is 6.47 Å². The summed E-state index contributed by atoms with van der Waals surface area (Å²) in [4.78, 5) is 11.2. The van der Waals surface area contributed by atoms with Gasteiger partial charge in [-0.2, -0.15) is 0 Å². The van der Waals surface area contributed by atoms with Crippen LogP contribution in [-0.2, 0) is 35.4 Å². The first-order chi connectivity index (χ1) is 22.7.